The maximum Gasteiger partial charge on any atom is 0.260 e. The van der Waals surface area contributed by atoms with Crippen LogP contribution >= 0.6 is 0 Å². The second-order valence-electron chi connectivity index (χ2n) is 4.72. The van der Waals surface area contributed by atoms with Crippen molar-refractivity contribution in [2.24, 2.45) is 5.73 Å². The second kappa shape index (κ2) is 5.93. The Hall–Kier alpha value is -1.75. The Kier molecular flexibility index (Phi) is 4.27. The fraction of sp³-hybridized carbons (Fsp3) is 0.500. The Balaban J connectivity index is 2.02. The van der Waals surface area contributed by atoms with Gasteiger partial charge in [0.25, 0.3) is 5.91 Å². The molecular weight excluding hydrogens is 244 g/mol. The average molecular weight is 264 g/mol. The molecule has 1 aromatic carbocycles. The number of hydrogen-bond donors (Lipinski definition) is 2. The number of rotatable bonds is 6. The predicted octanol–water partition coefficient (Wildman–Crippen LogP) is 1.20. The van der Waals surface area contributed by atoms with Crippen LogP contribution in [0.15, 0.2) is 18.2 Å². The highest BCUT2D eigenvalue weighted by Gasteiger charge is 2.26. The second-order valence-corrected chi connectivity index (χ2v) is 4.72. The van der Waals surface area contributed by atoms with Crippen LogP contribution in [-0.4, -0.2) is 25.2 Å². The summed E-state index contributed by atoms with van der Waals surface area (Å²) in [6, 6.07) is 5.73. The van der Waals surface area contributed by atoms with Crippen molar-refractivity contribution in [3.63, 3.8) is 0 Å². The molecule has 5 nitrogen and oxygen atoms in total. The number of ether oxygens (including phenoxy) is 2. The molecule has 5 heteroatoms. The number of nitrogens with two attached hydrogens (primary N) is 1. The quantitative estimate of drug-likeness (QED) is 0.809. The first-order chi connectivity index (χ1) is 9.13. The van der Waals surface area contributed by atoms with Crippen molar-refractivity contribution in [2.45, 2.75) is 38.5 Å². The minimum Gasteiger partial charge on any atom is -0.497 e. The van der Waals surface area contributed by atoms with Gasteiger partial charge in [0.15, 0.2) is 6.10 Å². The lowest BCUT2D eigenvalue weighted by molar-refractivity contribution is -0.127. The highest BCUT2D eigenvalue weighted by molar-refractivity contribution is 5.81. The molecule has 0 aliphatic heterocycles. The van der Waals surface area contributed by atoms with Crippen molar-refractivity contribution in [2.75, 3.05) is 7.11 Å². The molecule has 0 spiro atoms. The maximum absolute atomic E-state index is 11.8. The van der Waals surface area contributed by atoms with E-state index in [1.807, 2.05) is 6.07 Å². The first kappa shape index (κ1) is 13.7. The van der Waals surface area contributed by atoms with Crippen LogP contribution in [0.2, 0.25) is 0 Å². The molecule has 0 heterocycles. The Morgan fingerprint density at radius 3 is 2.84 bits per heavy atom. The minimum atomic E-state index is -0.528. The summed E-state index contributed by atoms with van der Waals surface area (Å²) >= 11 is 0. The molecular formula is C14H20N2O3. The van der Waals surface area contributed by atoms with E-state index < -0.39 is 6.10 Å². The average Bonchev–Trinajstić information content (AvgIpc) is 3.22. The van der Waals surface area contributed by atoms with E-state index in [0.29, 0.717) is 18.3 Å². The van der Waals surface area contributed by atoms with E-state index in [-0.39, 0.29) is 5.91 Å². The van der Waals surface area contributed by atoms with E-state index in [2.05, 4.69) is 5.32 Å². The van der Waals surface area contributed by atoms with Crippen molar-refractivity contribution >= 4 is 5.91 Å². The van der Waals surface area contributed by atoms with Gasteiger partial charge >= 0.3 is 0 Å². The van der Waals surface area contributed by atoms with E-state index in [1.165, 1.54) is 0 Å². The summed E-state index contributed by atoms with van der Waals surface area (Å²) < 4.78 is 10.8. The maximum atomic E-state index is 11.8. The molecule has 3 N–H and O–H groups in total. The summed E-state index contributed by atoms with van der Waals surface area (Å²) in [5.74, 6) is 1.27. The van der Waals surface area contributed by atoms with Gasteiger partial charge in [-0.25, -0.2) is 0 Å². The molecule has 1 aliphatic carbocycles. The van der Waals surface area contributed by atoms with Crippen LogP contribution in [0, 0.1) is 0 Å². The monoisotopic (exact) mass is 264 g/mol. The number of carbonyl (C=O) groups excluding carboxylic acids is 1. The van der Waals surface area contributed by atoms with E-state index in [0.717, 1.165) is 24.2 Å². The molecule has 0 aromatic heterocycles. The lowest BCUT2D eigenvalue weighted by atomic mass is 10.2. The topological polar surface area (TPSA) is 73.6 Å². The van der Waals surface area contributed by atoms with Crippen molar-refractivity contribution in [3.8, 4) is 11.5 Å². The van der Waals surface area contributed by atoms with Crippen molar-refractivity contribution in [1.82, 2.24) is 5.32 Å². The Bertz CT molecular complexity index is 458. The van der Waals surface area contributed by atoms with Crippen molar-refractivity contribution in [3.05, 3.63) is 23.8 Å². The SMILES string of the molecule is COc1ccc(OC(C)C(=O)NC2CC2)c(CN)c1. The standard InChI is InChI=1S/C14H20N2O3/c1-9(14(17)16-11-3-4-11)19-13-6-5-12(18-2)7-10(13)8-15/h5-7,9,11H,3-4,8,15H2,1-2H3,(H,16,17). The van der Waals surface area contributed by atoms with Gasteiger partial charge in [-0.3, -0.25) is 4.79 Å². The molecule has 0 radical (unpaired) electrons. The van der Waals surface area contributed by atoms with Crippen LogP contribution in [-0.2, 0) is 11.3 Å². The third kappa shape index (κ3) is 3.61. The Morgan fingerprint density at radius 1 is 1.53 bits per heavy atom. The van der Waals surface area contributed by atoms with Gasteiger partial charge in [-0.1, -0.05) is 0 Å². The van der Waals surface area contributed by atoms with E-state index >= 15 is 0 Å². The third-order valence-electron chi connectivity index (χ3n) is 3.08. The number of amides is 1. The van der Waals surface area contributed by atoms with E-state index in [9.17, 15) is 4.79 Å². The predicted molar refractivity (Wildman–Crippen MR) is 72.1 cm³/mol. The fourth-order valence-corrected chi connectivity index (χ4v) is 1.75. The molecule has 1 atom stereocenters. The number of hydrogen-bond acceptors (Lipinski definition) is 4. The van der Waals surface area contributed by atoms with Crippen LogP contribution in [0.1, 0.15) is 25.3 Å². The summed E-state index contributed by atoms with van der Waals surface area (Å²) in [7, 11) is 1.60. The molecule has 19 heavy (non-hydrogen) atoms. The molecule has 1 amide bonds. The van der Waals surface area contributed by atoms with Gasteiger partial charge < -0.3 is 20.5 Å². The molecule has 1 saturated carbocycles. The summed E-state index contributed by atoms with van der Waals surface area (Å²) in [4.78, 5) is 11.8. The van der Waals surface area contributed by atoms with E-state index in [1.54, 1.807) is 26.2 Å². The molecule has 1 aromatic rings. The van der Waals surface area contributed by atoms with Gasteiger partial charge in [0.1, 0.15) is 11.5 Å². The van der Waals surface area contributed by atoms with Gasteiger partial charge in [0.05, 0.1) is 7.11 Å². The molecule has 104 valence electrons. The number of nitrogens with one attached hydrogen (secondary N) is 1. The minimum absolute atomic E-state index is 0.0821. The van der Waals surface area contributed by atoms with Crippen LogP contribution in [0.25, 0.3) is 0 Å². The van der Waals surface area contributed by atoms with Crippen LogP contribution in [0.3, 0.4) is 0 Å². The largest absolute Gasteiger partial charge is 0.497 e. The molecule has 2 rings (SSSR count). The summed E-state index contributed by atoms with van der Waals surface area (Å²) in [6.45, 7) is 2.08. The lowest BCUT2D eigenvalue weighted by Crippen LogP contribution is -2.37. The lowest BCUT2D eigenvalue weighted by Gasteiger charge is -2.17. The van der Waals surface area contributed by atoms with Crippen LogP contribution in [0.4, 0.5) is 0 Å². The highest BCUT2D eigenvalue weighted by atomic mass is 16.5. The van der Waals surface area contributed by atoms with Gasteiger partial charge in [-0.15, -0.1) is 0 Å². The number of carbonyl (C=O) groups is 1. The summed E-state index contributed by atoms with van der Waals surface area (Å²) in [5, 5.41) is 2.91. The zero-order chi connectivity index (χ0) is 13.8. The first-order valence-corrected chi connectivity index (χ1v) is 6.48. The summed E-state index contributed by atoms with van der Waals surface area (Å²) in [5.41, 5.74) is 6.51. The highest BCUT2D eigenvalue weighted by Crippen LogP contribution is 2.25. The fourth-order valence-electron chi connectivity index (χ4n) is 1.75. The van der Waals surface area contributed by atoms with Crippen LogP contribution in [0.5, 0.6) is 11.5 Å². The van der Waals surface area contributed by atoms with Crippen molar-refractivity contribution in [1.29, 1.82) is 0 Å². The zero-order valence-electron chi connectivity index (χ0n) is 11.3. The number of benzene rings is 1. The first-order valence-electron chi connectivity index (χ1n) is 6.48. The molecule has 1 unspecified atom stereocenters. The van der Waals surface area contributed by atoms with Crippen LogP contribution < -0.4 is 20.5 Å². The van der Waals surface area contributed by atoms with Gasteiger partial charge in [0.2, 0.25) is 0 Å². The Labute approximate surface area is 113 Å². The van der Waals surface area contributed by atoms with Gasteiger partial charge in [0, 0.05) is 18.2 Å². The van der Waals surface area contributed by atoms with Gasteiger partial charge in [-0.2, -0.15) is 0 Å². The molecule has 1 fully saturated rings. The third-order valence-corrected chi connectivity index (χ3v) is 3.08. The van der Waals surface area contributed by atoms with E-state index in [4.69, 9.17) is 15.2 Å². The number of methoxy groups -OCH3 is 1. The summed E-state index contributed by atoms with van der Waals surface area (Å²) in [6.07, 6.45) is 1.60. The Morgan fingerprint density at radius 2 is 2.26 bits per heavy atom. The van der Waals surface area contributed by atoms with Crippen molar-refractivity contribution < 1.29 is 14.3 Å². The normalized spacial score (nSPS) is 15.7. The van der Waals surface area contributed by atoms with Gasteiger partial charge in [-0.05, 0) is 38.0 Å². The molecule has 1 aliphatic rings. The smallest absolute Gasteiger partial charge is 0.260 e. The molecule has 0 bridgehead atoms. The molecule has 0 saturated heterocycles. The zero-order valence-corrected chi connectivity index (χ0v) is 11.3.